The van der Waals surface area contributed by atoms with Crippen molar-refractivity contribution in [1.29, 1.82) is 0 Å². The first-order valence-corrected chi connectivity index (χ1v) is 6.80. The van der Waals surface area contributed by atoms with E-state index in [1.807, 2.05) is 0 Å². The van der Waals surface area contributed by atoms with Crippen LogP contribution in [0.25, 0.3) is 0 Å². The van der Waals surface area contributed by atoms with Gasteiger partial charge in [-0.25, -0.2) is 8.42 Å². The minimum absolute atomic E-state index is 0.601. The zero-order valence-corrected chi connectivity index (χ0v) is 10.9. The highest BCUT2D eigenvalue weighted by atomic mass is 35.6. The molecule has 1 rings (SSSR count). The fourth-order valence-corrected chi connectivity index (χ4v) is 3.22. The molecule has 84 valence electrons. The Hall–Kier alpha value is 0.0400. The van der Waals surface area contributed by atoms with Crippen LogP contribution in [0.4, 0.5) is 0 Å². The average molecular weight is 288 g/mol. The zero-order valence-electron chi connectivity index (χ0n) is 7.82. The van der Waals surface area contributed by atoms with Crippen molar-refractivity contribution in [3.63, 3.8) is 0 Å². The first-order chi connectivity index (χ1) is 6.77. The molecule has 0 radical (unpaired) electrons. The van der Waals surface area contributed by atoms with Crippen molar-refractivity contribution in [2.24, 2.45) is 0 Å². The lowest BCUT2D eigenvalue weighted by atomic mass is 10.2. The van der Waals surface area contributed by atoms with E-state index >= 15 is 0 Å². The highest BCUT2D eigenvalue weighted by molar-refractivity contribution is 7.97. The van der Waals surface area contributed by atoms with Crippen LogP contribution in [0.5, 0.6) is 0 Å². The van der Waals surface area contributed by atoms with Gasteiger partial charge in [-0.2, -0.15) is 0 Å². The SMILES string of the molecule is CC(c1ccccc1)S(=O)(=O)C(Cl)(Cl)Cl. The van der Waals surface area contributed by atoms with Gasteiger partial charge in [-0.1, -0.05) is 65.1 Å². The molecule has 1 aromatic rings. The molecule has 0 heterocycles. The number of sulfone groups is 1. The van der Waals surface area contributed by atoms with Crippen LogP contribution in [-0.2, 0) is 9.84 Å². The second-order valence-corrected chi connectivity index (χ2v) is 8.41. The van der Waals surface area contributed by atoms with Crippen LogP contribution >= 0.6 is 34.8 Å². The summed E-state index contributed by atoms with van der Waals surface area (Å²) < 4.78 is 21.2. The summed E-state index contributed by atoms with van der Waals surface area (Å²) in [6, 6.07) is 8.62. The summed E-state index contributed by atoms with van der Waals surface area (Å²) >= 11 is 16.2. The Morgan fingerprint density at radius 1 is 1.13 bits per heavy atom. The van der Waals surface area contributed by atoms with Gasteiger partial charge >= 0.3 is 0 Å². The molecule has 0 fully saturated rings. The van der Waals surface area contributed by atoms with Gasteiger partial charge in [-0.3, -0.25) is 0 Å². The van der Waals surface area contributed by atoms with Crippen molar-refractivity contribution >= 4 is 44.6 Å². The third kappa shape index (κ3) is 2.78. The third-order valence-electron chi connectivity index (χ3n) is 2.06. The molecule has 0 spiro atoms. The van der Waals surface area contributed by atoms with Crippen LogP contribution < -0.4 is 0 Å². The lowest BCUT2D eigenvalue weighted by molar-refractivity contribution is 0.586. The minimum Gasteiger partial charge on any atom is -0.224 e. The Labute approximate surface area is 104 Å². The topological polar surface area (TPSA) is 34.1 Å². The van der Waals surface area contributed by atoms with E-state index < -0.39 is 18.2 Å². The smallest absolute Gasteiger partial charge is 0.224 e. The van der Waals surface area contributed by atoms with E-state index in [-0.39, 0.29) is 0 Å². The van der Waals surface area contributed by atoms with Crippen LogP contribution in [0.3, 0.4) is 0 Å². The Kier molecular flexibility index (Phi) is 3.93. The average Bonchev–Trinajstić information content (AvgIpc) is 2.16. The molecule has 0 saturated heterocycles. The molecule has 0 amide bonds. The Bertz CT molecular complexity index is 422. The summed E-state index contributed by atoms with van der Waals surface area (Å²) in [7, 11) is -3.83. The molecule has 0 aromatic heterocycles. The summed E-state index contributed by atoms with van der Waals surface area (Å²) in [4.78, 5) is 0. The van der Waals surface area contributed by atoms with Crippen molar-refractivity contribution < 1.29 is 8.42 Å². The van der Waals surface area contributed by atoms with E-state index in [0.29, 0.717) is 5.56 Å². The normalized spacial score (nSPS) is 14.9. The molecule has 15 heavy (non-hydrogen) atoms. The van der Waals surface area contributed by atoms with Crippen LogP contribution in [0.2, 0.25) is 0 Å². The van der Waals surface area contributed by atoms with Crippen LogP contribution in [0.15, 0.2) is 30.3 Å². The third-order valence-corrected chi connectivity index (χ3v) is 5.84. The molecule has 2 nitrogen and oxygen atoms in total. The number of hydrogen-bond donors (Lipinski definition) is 0. The standard InChI is InChI=1S/C9H9Cl3O2S/c1-7(8-5-3-2-4-6-8)15(13,14)9(10,11)12/h2-7H,1H3. The highest BCUT2D eigenvalue weighted by Crippen LogP contribution is 2.40. The molecule has 1 atom stereocenters. The van der Waals surface area contributed by atoms with E-state index in [0.717, 1.165) is 0 Å². The summed E-state index contributed by atoms with van der Waals surface area (Å²) in [5.41, 5.74) is 0.601. The Morgan fingerprint density at radius 2 is 1.60 bits per heavy atom. The molecular weight excluding hydrogens is 279 g/mol. The van der Waals surface area contributed by atoms with Gasteiger partial charge in [0.1, 0.15) is 0 Å². The number of rotatable bonds is 2. The molecule has 0 saturated carbocycles. The van der Waals surface area contributed by atoms with Crippen LogP contribution in [0.1, 0.15) is 17.7 Å². The van der Waals surface area contributed by atoms with Crippen molar-refractivity contribution in [2.75, 3.05) is 0 Å². The molecule has 0 N–H and O–H groups in total. The molecule has 0 bridgehead atoms. The maximum Gasteiger partial charge on any atom is 0.293 e. The van der Waals surface area contributed by atoms with Gasteiger partial charge in [0, 0.05) is 0 Å². The number of alkyl halides is 3. The van der Waals surface area contributed by atoms with E-state index in [1.54, 1.807) is 30.3 Å². The maximum absolute atomic E-state index is 11.8. The number of hydrogen-bond acceptors (Lipinski definition) is 2. The van der Waals surface area contributed by atoms with Crippen LogP contribution in [0, 0.1) is 0 Å². The van der Waals surface area contributed by atoms with Gasteiger partial charge in [0.25, 0.3) is 3.12 Å². The summed E-state index contributed by atoms with van der Waals surface area (Å²) in [5, 5.41) is -0.841. The second-order valence-electron chi connectivity index (χ2n) is 3.04. The monoisotopic (exact) mass is 286 g/mol. The second kappa shape index (κ2) is 4.50. The molecule has 6 heteroatoms. The van der Waals surface area contributed by atoms with Gasteiger partial charge < -0.3 is 0 Å². The van der Waals surface area contributed by atoms with Gasteiger partial charge in [-0.15, -0.1) is 0 Å². The lowest BCUT2D eigenvalue weighted by Gasteiger charge is -2.18. The maximum atomic E-state index is 11.8. The van der Waals surface area contributed by atoms with E-state index in [1.165, 1.54) is 6.92 Å². The van der Waals surface area contributed by atoms with Crippen LogP contribution in [-0.4, -0.2) is 11.5 Å². The molecule has 0 aliphatic heterocycles. The van der Waals surface area contributed by atoms with Gasteiger partial charge in [-0.05, 0) is 12.5 Å². The lowest BCUT2D eigenvalue weighted by Crippen LogP contribution is -2.24. The number of halogens is 3. The largest absolute Gasteiger partial charge is 0.293 e. The van der Waals surface area contributed by atoms with E-state index in [4.69, 9.17) is 34.8 Å². The fraction of sp³-hybridized carbons (Fsp3) is 0.333. The Balaban J connectivity index is 3.12. The van der Waals surface area contributed by atoms with Gasteiger partial charge in [0.05, 0.1) is 5.25 Å². The van der Waals surface area contributed by atoms with Crippen molar-refractivity contribution in [3.8, 4) is 0 Å². The summed E-state index contributed by atoms with van der Waals surface area (Å²) in [6.07, 6.45) is 0. The predicted octanol–water partition coefficient (Wildman–Crippen LogP) is 3.49. The van der Waals surface area contributed by atoms with Gasteiger partial charge in [0.15, 0.2) is 0 Å². The van der Waals surface area contributed by atoms with Crippen molar-refractivity contribution in [3.05, 3.63) is 35.9 Å². The van der Waals surface area contributed by atoms with E-state index in [9.17, 15) is 8.42 Å². The van der Waals surface area contributed by atoms with Gasteiger partial charge in [0.2, 0.25) is 9.84 Å². The van der Waals surface area contributed by atoms with Crippen molar-refractivity contribution in [1.82, 2.24) is 0 Å². The quantitative estimate of drug-likeness (QED) is 0.780. The van der Waals surface area contributed by atoms with E-state index in [2.05, 4.69) is 0 Å². The Morgan fingerprint density at radius 3 is 2.00 bits per heavy atom. The van der Waals surface area contributed by atoms with Crippen molar-refractivity contribution in [2.45, 2.75) is 15.3 Å². The molecule has 1 unspecified atom stereocenters. The first kappa shape index (κ1) is 13.1. The highest BCUT2D eigenvalue weighted by Gasteiger charge is 2.42. The number of benzene rings is 1. The molecule has 0 aliphatic rings. The first-order valence-electron chi connectivity index (χ1n) is 4.12. The summed E-state index contributed by atoms with van der Waals surface area (Å²) in [5.74, 6) is 0. The molecule has 1 aromatic carbocycles. The molecule has 0 aliphatic carbocycles. The summed E-state index contributed by atoms with van der Waals surface area (Å²) in [6.45, 7) is 1.49. The fourth-order valence-electron chi connectivity index (χ4n) is 1.10. The minimum atomic E-state index is -3.83. The predicted molar refractivity (Wildman–Crippen MR) is 64.1 cm³/mol. The molecular formula is C9H9Cl3O2S. The zero-order chi connectivity index (χ0) is 11.7.